The Morgan fingerprint density at radius 2 is 1.70 bits per heavy atom. The van der Waals surface area contributed by atoms with Gasteiger partial charge in [-0.2, -0.15) is 4.31 Å². The fourth-order valence-electron chi connectivity index (χ4n) is 2.18. The Hall–Kier alpha value is -1.93. The fraction of sp³-hybridized carbons (Fsp3) is 0.467. The van der Waals surface area contributed by atoms with Crippen molar-refractivity contribution in [2.24, 2.45) is 0 Å². The molecule has 0 spiro atoms. The van der Waals surface area contributed by atoms with Gasteiger partial charge in [0.25, 0.3) is 5.91 Å². The minimum atomic E-state index is -3.50. The predicted molar refractivity (Wildman–Crippen MR) is 83.4 cm³/mol. The zero-order valence-corrected chi connectivity index (χ0v) is 14.0. The van der Waals surface area contributed by atoms with Crippen molar-refractivity contribution in [3.63, 3.8) is 0 Å². The molecule has 8 heteroatoms. The molecule has 1 aliphatic rings. The third kappa shape index (κ3) is 4.08. The van der Waals surface area contributed by atoms with E-state index in [0.717, 1.165) is 12.8 Å². The molecule has 23 heavy (non-hydrogen) atoms. The summed E-state index contributed by atoms with van der Waals surface area (Å²) in [6, 6.07) is 5.56. The van der Waals surface area contributed by atoms with Gasteiger partial charge in [-0.3, -0.25) is 4.79 Å². The standard InChI is InChI=1S/C15H20N2O5S/c1-16(2)14(18)11-22-15(19)12-5-7-13(8-6-12)23(20,21)17-9-3-4-10-17/h5-8H,3-4,9-11H2,1-2H3. The molecule has 0 aromatic heterocycles. The number of rotatable bonds is 5. The highest BCUT2D eigenvalue weighted by Gasteiger charge is 2.27. The van der Waals surface area contributed by atoms with Crippen LogP contribution in [-0.2, 0) is 19.6 Å². The van der Waals surface area contributed by atoms with E-state index in [1.54, 1.807) is 14.1 Å². The summed E-state index contributed by atoms with van der Waals surface area (Å²) >= 11 is 0. The molecule has 0 unspecified atom stereocenters. The first-order chi connectivity index (χ1) is 10.8. The van der Waals surface area contributed by atoms with E-state index in [0.29, 0.717) is 13.1 Å². The van der Waals surface area contributed by atoms with Crippen LogP contribution < -0.4 is 0 Å². The van der Waals surface area contributed by atoms with Gasteiger partial charge in [-0.1, -0.05) is 0 Å². The molecular formula is C15H20N2O5S. The second-order valence-electron chi connectivity index (χ2n) is 5.50. The molecule has 1 amide bonds. The number of nitrogens with zero attached hydrogens (tertiary/aromatic N) is 2. The second kappa shape index (κ2) is 7.10. The van der Waals surface area contributed by atoms with Crippen LogP contribution in [0.15, 0.2) is 29.2 Å². The summed E-state index contributed by atoms with van der Waals surface area (Å²) in [5, 5.41) is 0. The highest BCUT2D eigenvalue weighted by Crippen LogP contribution is 2.21. The molecule has 1 heterocycles. The van der Waals surface area contributed by atoms with Gasteiger partial charge in [-0.05, 0) is 37.1 Å². The van der Waals surface area contributed by atoms with Crippen molar-refractivity contribution in [3.8, 4) is 0 Å². The fourth-order valence-corrected chi connectivity index (χ4v) is 3.70. The summed E-state index contributed by atoms with van der Waals surface area (Å²) < 4.78 is 31.1. The van der Waals surface area contributed by atoms with E-state index in [9.17, 15) is 18.0 Å². The molecule has 0 radical (unpaired) electrons. The van der Waals surface area contributed by atoms with Crippen molar-refractivity contribution >= 4 is 21.9 Å². The summed E-state index contributed by atoms with van der Waals surface area (Å²) in [7, 11) is -0.370. The molecule has 1 aliphatic heterocycles. The lowest BCUT2D eigenvalue weighted by molar-refractivity contribution is -0.131. The van der Waals surface area contributed by atoms with Gasteiger partial charge in [0.05, 0.1) is 10.5 Å². The molecule has 0 saturated carbocycles. The summed E-state index contributed by atoms with van der Waals surface area (Å²) in [5.74, 6) is -0.989. The van der Waals surface area contributed by atoms with Crippen LogP contribution in [0.4, 0.5) is 0 Å². The first kappa shape index (κ1) is 17.4. The zero-order chi connectivity index (χ0) is 17.0. The molecule has 0 aliphatic carbocycles. The number of ether oxygens (including phenoxy) is 1. The van der Waals surface area contributed by atoms with Crippen molar-refractivity contribution in [1.82, 2.24) is 9.21 Å². The third-order valence-electron chi connectivity index (χ3n) is 3.62. The molecule has 1 aromatic rings. The quantitative estimate of drug-likeness (QED) is 0.737. The minimum absolute atomic E-state index is 0.153. The van der Waals surface area contributed by atoms with E-state index in [-0.39, 0.29) is 23.0 Å². The van der Waals surface area contributed by atoms with E-state index >= 15 is 0 Å². The number of benzene rings is 1. The van der Waals surface area contributed by atoms with E-state index in [2.05, 4.69) is 0 Å². The first-order valence-corrected chi connectivity index (χ1v) is 8.74. The summed E-state index contributed by atoms with van der Waals surface area (Å²) in [5.41, 5.74) is 0.205. The highest BCUT2D eigenvalue weighted by atomic mass is 32.2. The molecule has 0 bridgehead atoms. The Balaban J connectivity index is 2.04. The molecular weight excluding hydrogens is 320 g/mol. The largest absolute Gasteiger partial charge is 0.452 e. The number of hydrogen-bond donors (Lipinski definition) is 0. The van der Waals surface area contributed by atoms with E-state index in [4.69, 9.17) is 4.74 Å². The average Bonchev–Trinajstić information content (AvgIpc) is 3.07. The number of hydrogen-bond acceptors (Lipinski definition) is 5. The highest BCUT2D eigenvalue weighted by molar-refractivity contribution is 7.89. The zero-order valence-electron chi connectivity index (χ0n) is 13.2. The maximum Gasteiger partial charge on any atom is 0.338 e. The predicted octanol–water partition coefficient (Wildman–Crippen LogP) is 0.716. The van der Waals surface area contributed by atoms with Crippen molar-refractivity contribution < 1.29 is 22.7 Å². The van der Waals surface area contributed by atoms with Crippen LogP contribution in [0.25, 0.3) is 0 Å². The van der Waals surface area contributed by atoms with Gasteiger partial charge >= 0.3 is 5.97 Å². The van der Waals surface area contributed by atoms with Crippen LogP contribution in [0.5, 0.6) is 0 Å². The van der Waals surface area contributed by atoms with Gasteiger partial charge in [0.15, 0.2) is 6.61 Å². The number of likely N-dealkylation sites (N-methyl/N-ethyl adjacent to an activating group) is 1. The molecule has 7 nitrogen and oxygen atoms in total. The molecule has 1 fully saturated rings. The van der Waals surface area contributed by atoms with E-state index < -0.39 is 16.0 Å². The van der Waals surface area contributed by atoms with Crippen molar-refractivity contribution in [2.75, 3.05) is 33.8 Å². The molecule has 1 aromatic carbocycles. The van der Waals surface area contributed by atoms with Crippen LogP contribution in [0.1, 0.15) is 23.2 Å². The van der Waals surface area contributed by atoms with Crippen LogP contribution in [0, 0.1) is 0 Å². The van der Waals surface area contributed by atoms with Crippen LogP contribution in [0.2, 0.25) is 0 Å². The monoisotopic (exact) mass is 340 g/mol. The Labute approximate surface area is 135 Å². The Morgan fingerprint density at radius 3 is 2.22 bits per heavy atom. The maximum absolute atomic E-state index is 12.4. The van der Waals surface area contributed by atoms with Crippen molar-refractivity contribution in [2.45, 2.75) is 17.7 Å². The lowest BCUT2D eigenvalue weighted by atomic mass is 10.2. The SMILES string of the molecule is CN(C)C(=O)COC(=O)c1ccc(S(=O)(=O)N2CCCC2)cc1. The number of carbonyl (C=O) groups excluding carboxylic acids is 2. The Morgan fingerprint density at radius 1 is 1.13 bits per heavy atom. The Bertz CT molecular complexity index is 676. The number of amides is 1. The molecule has 1 saturated heterocycles. The van der Waals surface area contributed by atoms with Crippen molar-refractivity contribution in [1.29, 1.82) is 0 Å². The van der Waals surface area contributed by atoms with Gasteiger partial charge in [0.1, 0.15) is 0 Å². The first-order valence-electron chi connectivity index (χ1n) is 7.30. The van der Waals surface area contributed by atoms with Gasteiger partial charge in [-0.15, -0.1) is 0 Å². The normalized spacial score (nSPS) is 15.4. The minimum Gasteiger partial charge on any atom is -0.452 e. The topological polar surface area (TPSA) is 84.0 Å². The van der Waals surface area contributed by atoms with Crippen LogP contribution in [0.3, 0.4) is 0 Å². The molecule has 0 N–H and O–H groups in total. The number of carbonyl (C=O) groups is 2. The molecule has 2 rings (SSSR count). The summed E-state index contributed by atoms with van der Waals surface area (Å²) in [6.45, 7) is 0.706. The van der Waals surface area contributed by atoms with Crippen molar-refractivity contribution in [3.05, 3.63) is 29.8 Å². The van der Waals surface area contributed by atoms with Gasteiger partial charge in [-0.25, -0.2) is 13.2 Å². The van der Waals surface area contributed by atoms with Crippen LogP contribution in [-0.4, -0.2) is 63.3 Å². The van der Waals surface area contributed by atoms with Crippen LogP contribution >= 0.6 is 0 Å². The van der Waals surface area contributed by atoms with Gasteiger partial charge < -0.3 is 9.64 Å². The molecule has 0 atom stereocenters. The summed E-state index contributed by atoms with van der Waals surface area (Å²) in [4.78, 5) is 24.7. The lowest BCUT2D eigenvalue weighted by Gasteiger charge is -2.15. The number of esters is 1. The number of sulfonamides is 1. The van der Waals surface area contributed by atoms with Gasteiger partial charge in [0, 0.05) is 27.2 Å². The lowest BCUT2D eigenvalue weighted by Crippen LogP contribution is -2.28. The van der Waals surface area contributed by atoms with Gasteiger partial charge in [0.2, 0.25) is 10.0 Å². The smallest absolute Gasteiger partial charge is 0.338 e. The van der Waals surface area contributed by atoms with E-state index in [1.165, 1.54) is 33.5 Å². The molecule has 126 valence electrons. The van der Waals surface area contributed by atoms with E-state index in [1.807, 2.05) is 0 Å². The maximum atomic E-state index is 12.4. The third-order valence-corrected chi connectivity index (χ3v) is 5.53. The second-order valence-corrected chi connectivity index (χ2v) is 7.44. The summed E-state index contributed by atoms with van der Waals surface area (Å²) in [6.07, 6.45) is 1.73. The average molecular weight is 340 g/mol. The Kier molecular flexibility index (Phi) is 5.38.